The van der Waals surface area contributed by atoms with Gasteiger partial charge >= 0.3 is 0 Å². The van der Waals surface area contributed by atoms with Crippen LogP contribution in [0.15, 0.2) is 104 Å². The van der Waals surface area contributed by atoms with Crippen LogP contribution in [0.2, 0.25) is 0 Å². The molecule has 0 fully saturated rings. The molecule has 0 saturated carbocycles. The average molecular weight is 461 g/mol. The van der Waals surface area contributed by atoms with E-state index in [0.717, 1.165) is 33.8 Å². The van der Waals surface area contributed by atoms with Crippen LogP contribution in [-0.2, 0) is 0 Å². The van der Waals surface area contributed by atoms with Gasteiger partial charge in [-0.2, -0.15) is 0 Å². The minimum absolute atomic E-state index is 0.170. The normalized spacial score (nSPS) is 13.1. The first-order valence-corrected chi connectivity index (χ1v) is 11.2. The molecule has 4 N–H and O–H groups in total. The van der Waals surface area contributed by atoms with Gasteiger partial charge in [0.2, 0.25) is 0 Å². The number of aromatic nitrogens is 2. The summed E-state index contributed by atoms with van der Waals surface area (Å²) < 4.78 is 0. The standard InChI is InChI=1S/C29H28N6/c1-5-11-21(6-2)27(30)26-28(31)33-18-34-29(26)32-17-23-16-22-13-8-9-14-24(22)20(4)35(23)25-15-10-7-12-19(25)3/h5-16,18,30H,1-2,4,17H2,3H3,(H3,31,32,33,34)/b21-11+,30-27?. The van der Waals surface area contributed by atoms with Crippen LogP contribution in [0, 0.1) is 12.3 Å². The SMILES string of the molecule is C=C/C=C(\C=C)C(=N)c1c(N)ncnc1NCC1=Cc2ccccc2C(=C)N1c1ccccc1C. The minimum Gasteiger partial charge on any atom is -0.383 e. The topological polar surface area (TPSA) is 90.9 Å². The number of hydrogen-bond acceptors (Lipinski definition) is 6. The van der Waals surface area contributed by atoms with Gasteiger partial charge in [0.1, 0.15) is 18.0 Å². The third-order valence-electron chi connectivity index (χ3n) is 5.88. The quantitative estimate of drug-likeness (QED) is 0.284. The Morgan fingerprint density at radius 3 is 2.60 bits per heavy atom. The lowest BCUT2D eigenvalue weighted by Gasteiger charge is -2.35. The van der Waals surface area contributed by atoms with Crippen molar-refractivity contribution >= 4 is 34.8 Å². The third-order valence-corrected chi connectivity index (χ3v) is 5.88. The van der Waals surface area contributed by atoms with Gasteiger partial charge < -0.3 is 16.0 Å². The predicted molar refractivity (Wildman–Crippen MR) is 147 cm³/mol. The monoisotopic (exact) mass is 460 g/mol. The summed E-state index contributed by atoms with van der Waals surface area (Å²) in [6, 6.07) is 16.4. The van der Waals surface area contributed by atoms with Crippen LogP contribution >= 0.6 is 0 Å². The van der Waals surface area contributed by atoms with Crippen molar-refractivity contribution in [2.24, 2.45) is 0 Å². The molecule has 1 aromatic heterocycles. The lowest BCUT2D eigenvalue weighted by molar-refractivity contribution is 1.06. The van der Waals surface area contributed by atoms with Gasteiger partial charge in [-0.05, 0) is 35.8 Å². The second-order valence-corrected chi connectivity index (χ2v) is 8.06. The van der Waals surface area contributed by atoms with Crippen LogP contribution in [0.25, 0.3) is 11.8 Å². The number of nitrogen functional groups attached to an aromatic ring is 1. The van der Waals surface area contributed by atoms with Gasteiger partial charge in [0.05, 0.1) is 17.8 Å². The maximum absolute atomic E-state index is 8.70. The number of aryl methyl sites for hydroxylation is 1. The summed E-state index contributed by atoms with van der Waals surface area (Å²) in [5.41, 5.74) is 13.6. The van der Waals surface area contributed by atoms with E-state index in [4.69, 9.17) is 11.1 Å². The van der Waals surface area contributed by atoms with Crippen LogP contribution in [0.1, 0.15) is 22.3 Å². The van der Waals surface area contributed by atoms with Gasteiger partial charge in [-0.25, -0.2) is 9.97 Å². The van der Waals surface area contributed by atoms with Crippen molar-refractivity contribution in [2.45, 2.75) is 6.92 Å². The van der Waals surface area contributed by atoms with Crippen molar-refractivity contribution in [1.82, 2.24) is 9.97 Å². The van der Waals surface area contributed by atoms with E-state index in [0.29, 0.717) is 23.5 Å². The van der Waals surface area contributed by atoms with Crippen LogP contribution in [0.4, 0.5) is 17.3 Å². The van der Waals surface area contributed by atoms with E-state index < -0.39 is 0 Å². The van der Waals surface area contributed by atoms with Crippen molar-refractivity contribution in [3.63, 3.8) is 0 Å². The number of fused-ring (bicyclic) bond motifs is 1. The van der Waals surface area contributed by atoms with E-state index in [1.54, 1.807) is 18.2 Å². The smallest absolute Gasteiger partial charge is 0.141 e. The molecule has 6 nitrogen and oxygen atoms in total. The Kier molecular flexibility index (Phi) is 6.73. The Morgan fingerprint density at radius 2 is 1.86 bits per heavy atom. The maximum atomic E-state index is 8.70. The van der Waals surface area contributed by atoms with E-state index >= 15 is 0 Å². The number of para-hydroxylation sites is 1. The van der Waals surface area contributed by atoms with E-state index in [1.807, 2.05) is 24.3 Å². The van der Waals surface area contributed by atoms with Crippen molar-refractivity contribution in [2.75, 3.05) is 22.5 Å². The molecule has 0 bridgehead atoms. The lowest BCUT2D eigenvalue weighted by Crippen LogP contribution is -2.29. The average Bonchev–Trinajstić information content (AvgIpc) is 2.86. The van der Waals surface area contributed by atoms with Crippen LogP contribution in [0.5, 0.6) is 0 Å². The van der Waals surface area contributed by atoms with Gasteiger partial charge in [-0.15, -0.1) is 0 Å². The first-order chi connectivity index (χ1) is 17.0. The van der Waals surface area contributed by atoms with Crippen molar-refractivity contribution in [1.29, 1.82) is 5.41 Å². The highest BCUT2D eigenvalue weighted by atomic mass is 15.2. The summed E-state index contributed by atoms with van der Waals surface area (Å²) in [6.07, 6.45) is 8.43. The Balaban J connectivity index is 1.74. The fourth-order valence-electron chi connectivity index (χ4n) is 4.15. The van der Waals surface area contributed by atoms with Gasteiger partial charge in [0, 0.05) is 22.6 Å². The summed E-state index contributed by atoms with van der Waals surface area (Å²) in [6.45, 7) is 14.5. The van der Waals surface area contributed by atoms with Crippen molar-refractivity contribution < 1.29 is 0 Å². The van der Waals surface area contributed by atoms with E-state index in [1.165, 1.54) is 6.33 Å². The molecule has 0 spiro atoms. The van der Waals surface area contributed by atoms with Gasteiger partial charge in [0.25, 0.3) is 0 Å². The molecule has 1 aliphatic rings. The van der Waals surface area contributed by atoms with Crippen LogP contribution < -0.4 is 16.0 Å². The Morgan fingerprint density at radius 1 is 1.11 bits per heavy atom. The summed E-state index contributed by atoms with van der Waals surface area (Å²) in [5, 5.41) is 12.1. The molecule has 0 unspecified atom stereocenters. The highest BCUT2D eigenvalue weighted by Gasteiger charge is 2.25. The molecule has 6 heteroatoms. The number of anilines is 3. The molecule has 4 rings (SSSR count). The molecule has 174 valence electrons. The molecular formula is C29H28N6. The predicted octanol–water partition coefficient (Wildman–Crippen LogP) is 5.98. The van der Waals surface area contributed by atoms with E-state index in [-0.39, 0.29) is 11.5 Å². The number of nitrogens with one attached hydrogen (secondary N) is 2. The number of hydrogen-bond donors (Lipinski definition) is 3. The Bertz CT molecular complexity index is 1400. The highest BCUT2D eigenvalue weighted by Crippen LogP contribution is 2.38. The number of nitrogens with two attached hydrogens (primary N) is 1. The fraction of sp³-hybridized carbons (Fsp3) is 0.0690. The molecule has 3 aromatic rings. The largest absolute Gasteiger partial charge is 0.383 e. The number of benzene rings is 2. The Hall–Kier alpha value is -4.71. The molecule has 0 atom stereocenters. The molecule has 35 heavy (non-hydrogen) atoms. The molecule has 2 heterocycles. The molecular weight excluding hydrogens is 432 g/mol. The second-order valence-electron chi connectivity index (χ2n) is 8.06. The van der Waals surface area contributed by atoms with E-state index in [9.17, 15) is 0 Å². The zero-order valence-electron chi connectivity index (χ0n) is 19.8. The number of nitrogens with zero attached hydrogens (tertiary/aromatic N) is 3. The van der Waals surface area contributed by atoms with Crippen molar-refractivity contribution in [3.05, 3.63) is 126 Å². The molecule has 0 saturated heterocycles. The zero-order chi connectivity index (χ0) is 24.9. The molecule has 2 aromatic carbocycles. The summed E-state index contributed by atoms with van der Waals surface area (Å²) in [7, 11) is 0. The summed E-state index contributed by atoms with van der Waals surface area (Å²) in [4.78, 5) is 10.7. The van der Waals surface area contributed by atoms with Crippen LogP contribution in [0.3, 0.4) is 0 Å². The summed E-state index contributed by atoms with van der Waals surface area (Å²) >= 11 is 0. The van der Waals surface area contributed by atoms with Gasteiger partial charge in [-0.1, -0.05) is 80.4 Å². The lowest BCUT2D eigenvalue weighted by atomic mass is 9.97. The molecule has 0 radical (unpaired) electrons. The first-order valence-electron chi connectivity index (χ1n) is 11.2. The highest BCUT2D eigenvalue weighted by molar-refractivity contribution is 6.17. The Labute approximate surface area is 206 Å². The van der Waals surface area contributed by atoms with Gasteiger partial charge in [-0.3, -0.25) is 5.41 Å². The summed E-state index contributed by atoms with van der Waals surface area (Å²) in [5.74, 6) is 0.682. The van der Waals surface area contributed by atoms with Crippen molar-refractivity contribution in [3.8, 4) is 0 Å². The number of rotatable bonds is 8. The van der Waals surface area contributed by atoms with E-state index in [2.05, 4.69) is 77.2 Å². The first kappa shape index (κ1) is 23.4. The third kappa shape index (κ3) is 4.54. The molecule has 0 amide bonds. The zero-order valence-corrected chi connectivity index (χ0v) is 19.8. The minimum atomic E-state index is 0.170. The fourth-order valence-corrected chi connectivity index (χ4v) is 4.15. The second kappa shape index (κ2) is 10.1. The van der Waals surface area contributed by atoms with Gasteiger partial charge in [0.15, 0.2) is 0 Å². The molecule has 1 aliphatic heterocycles. The maximum Gasteiger partial charge on any atom is 0.141 e. The van der Waals surface area contributed by atoms with Crippen LogP contribution in [-0.4, -0.2) is 22.2 Å². The molecule has 0 aliphatic carbocycles. The number of allylic oxidation sites excluding steroid dienone is 4.